The number of hydrogen-bond donors (Lipinski definition) is 1. The summed E-state index contributed by atoms with van der Waals surface area (Å²) in [5, 5.41) is 8.70. The summed E-state index contributed by atoms with van der Waals surface area (Å²) in [6, 6.07) is 1.99. The van der Waals surface area contributed by atoms with Gasteiger partial charge in [-0.1, -0.05) is 15.9 Å². The van der Waals surface area contributed by atoms with Gasteiger partial charge in [0.1, 0.15) is 10.2 Å². The van der Waals surface area contributed by atoms with Crippen molar-refractivity contribution in [2.24, 2.45) is 0 Å². The average Bonchev–Trinajstić information content (AvgIpc) is 1.97. The summed E-state index contributed by atoms with van der Waals surface area (Å²) < 4.78 is 24.3. The first kappa shape index (κ1) is 9.96. The Morgan fingerprint density at radius 3 is 2.42 bits per heavy atom. The van der Waals surface area contributed by atoms with Crippen molar-refractivity contribution < 1.29 is 8.42 Å². The highest BCUT2D eigenvalue weighted by Crippen LogP contribution is 2.31. The fourth-order valence-electron chi connectivity index (χ4n) is 1.09. The summed E-state index contributed by atoms with van der Waals surface area (Å²) in [4.78, 5) is 0. The third-order valence-electron chi connectivity index (χ3n) is 1.92. The highest BCUT2D eigenvalue weighted by molar-refractivity contribution is 9.10. The number of sulfonamides is 1. The van der Waals surface area contributed by atoms with E-state index in [1.165, 1.54) is 0 Å². The van der Waals surface area contributed by atoms with E-state index in [0.717, 1.165) is 6.42 Å². The molecule has 0 aliphatic heterocycles. The lowest BCUT2D eigenvalue weighted by atomic mass is 9.79. The molecule has 0 heterocycles. The molecule has 0 aromatic rings. The Morgan fingerprint density at radius 1 is 1.58 bits per heavy atom. The molecule has 1 aliphatic rings. The van der Waals surface area contributed by atoms with Gasteiger partial charge in [0.25, 0.3) is 0 Å². The van der Waals surface area contributed by atoms with E-state index in [9.17, 15) is 8.42 Å². The summed E-state index contributed by atoms with van der Waals surface area (Å²) in [7, 11) is -3.31. The van der Waals surface area contributed by atoms with Gasteiger partial charge in [-0.2, -0.15) is 9.98 Å². The van der Waals surface area contributed by atoms with Crippen LogP contribution in [0.2, 0.25) is 0 Å². The van der Waals surface area contributed by atoms with E-state index >= 15 is 0 Å². The van der Waals surface area contributed by atoms with Crippen molar-refractivity contribution in [2.75, 3.05) is 4.66 Å². The number of nitrogens with one attached hydrogen (secondary N) is 1. The normalized spacial score (nSPS) is 21.0. The molecule has 12 heavy (non-hydrogen) atoms. The smallest absolute Gasteiger partial charge is 0.211 e. The van der Waals surface area contributed by atoms with Crippen LogP contribution in [-0.4, -0.2) is 18.6 Å². The Labute approximate surface area is 80.1 Å². The summed E-state index contributed by atoms with van der Waals surface area (Å²) in [5.74, 6) is 0. The lowest BCUT2D eigenvalue weighted by Gasteiger charge is -2.35. The predicted molar refractivity (Wildman–Crippen MR) is 48.0 cm³/mol. The number of alkyl halides is 1. The number of halogens is 1. The van der Waals surface area contributed by atoms with E-state index in [-0.39, 0.29) is 4.66 Å². The van der Waals surface area contributed by atoms with Crippen LogP contribution in [0.15, 0.2) is 0 Å². The first-order valence-corrected chi connectivity index (χ1v) is 6.30. The van der Waals surface area contributed by atoms with Gasteiger partial charge in [-0.05, 0) is 19.3 Å². The predicted octanol–water partition coefficient (Wildman–Crippen LogP) is 0.704. The highest BCUT2D eigenvalue weighted by atomic mass is 79.9. The van der Waals surface area contributed by atoms with Crippen molar-refractivity contribution in [3.63, 3.8) is 0 Å². The van der Waals surface area contributed by atoms with Crippen LogP contribution >= 0.6 is 15.9 Å². The minimum absolute atomic E-state index is 0.149. The molecule has 1 N–H and O–H groups in total. The van der Waals surface area contributed by atoms with E-state index in [4.69, 9.17) is 5.26 Å². The molecule has 1 rings (SSSR count). The molecular weight excluding hydrogens is 244 g/mol. The zero-order chi connectivity index (χ0) is 9.24. The van der Waals surface area contributed by atoms with E-state index in [1.807, 2.05) is 6.07 Å². The fourth-order valence-corrected chi connectivity index (χ4v) is 2.33. The van der Waals surface area contributed by atoms with Gasteiger partial charge in [-0.25, -0.2) is 8.42 Å². The lowest BCUT2D eigenvalue weighted by Crippen LogP contribution is -2.52. The van der Waals surface area contributed by atoms with Crippen LogP contribution < -0.4 is 4.72 Å². The van der Waals surface area contributed by atoms with Crippen LogP contribution in [-0.2, 0) is 10.0 Å². The topological polar surface area (TPSA) is 70.0 Å². The SMILES string of the molecule is N#CC1(NS(=O)(=O)CBr)CCC1. The van der Waals surface area contributed by atoms with E-state index < -0.39 is 15.6 Å². The van der Waals surface area contributed by atoms with Gasteiger partial charge in [0.15, 0.2) is 0 Å². The largest absolute Gasteiger partial charge is 0.223 e. The standard InChI is InChI=1S/C6H9BrN2O2S/c7-5-12(10,11)9-6(4-8)2-1-3-6/h9H,1-3,5H2. The van der Waals surface area contributed by atoms with Crippen molar-refractivity contribution in [3.8, 4) is 6.07 Å². The van der Waals surface area contributed by atoms with Crippen molar-refractivity contribution in [1.29, 1.82) is 5.26 Å². The summed E-state index contributed by atoms with van der Waals surface area (Å²) in [6.07, 6.45) is 2.16. The van der Waals surface area contributed by atoms with Gasteiger partial charge in [0.2, 0.25) is 10.0 Å². The van der Waals surface area contributed by atoms with Gasteiger partial charge in [-0.3, -0.25) is 0 Å². The highest BCUT2D eigenvalue weighted by Gasteiger charge is 2.40. The zero-order valence-corrected chi connectivity index (χ0v) is 8.78. The zero-order valence-electron chi connectivity index (χ0n) is 6.38. The summed E-state index contributed by atoms with van der Waals surface area (Å²) in [5.41, 5.74) is -0.813. The molecule has 0 amide bonds. The second kappa shape index (κ2) is 3.32. The number of nitriles is 1. The number of rotatable bonds is 3. The molecule has 0 atom stereocenters. The molecule has 0 unspecified atom stereocenters. The third-order valence-corrected chi connectivity index (χ3v) is 4.71. The Kier molecular flexibility index (Phi) is 2.76. The molecule has 0 bridgehead atoms. The maximum absolute atomic E-state index is 11.1. The Hall–Kier alpha value is -0.120. The van der Waals surface area contributed by atoms with Crippen molar-refractivity contribution >= 4 is 26.0 Å². The van der Waals surface area contributed by atoms with Crippen LogP contribution in [0, 0.1) is 11.3 Å². The molecule has 4 nitrogen and oxygen atoms in total. The van der Waals surface area contributed by atoms with Gasteiger partial charge in [0.05, 0.1) is 6.07 Å². The van der Waals surface area contributed by atoms with Crippen LogP contribution in [0.4, 0.5) is 0 Å². The lowest BCUT2D eigenvalue weighted by molar-refractivity contribution is 0.296. The fraction of sp³-hybridized carbons (Fsp3) is 0.833. The first-order chi connectivity index (χ1) is 5.54. The van der Waals surface area contributed by atoms with E-state index in [0.29, 0.717) is 12.8 Å². The van der Waals surface area contributed by atoms with Crippen LogP contribution in [0.5, 0.6) is 0 Å². The maximum atomic E-state index is 11.1. The van der Waals surface area contributed by atoms with Gasteiger partial charge in [0, 0.05) is 0 Å². The minimum Gasteiger partial charge on any atom is -0.211 e. The number of hydrogen-bond acceptors (Lipinski definition) is 3. The Bertz CT molecular complexity index is 302. The first-order valence-electron chi connectivity index (χ1n) is 3.52. The second-order valence-electron chi connectivity index (χ2n) is 2.87. The van der Waals surface area contributed by atoms with Crippen molar-refractivity contribution in [1.82, 2.24) is 4.72 Å². The minimum atomic E-state index is -3.31. The maximum Gasteiger partial charge on any atom is 0.223 e. The summed E-state index contributed by atoms with van der Waals surface area (Å²) in [6.45, 7) is 0. The molecule has 0 aromatic carbocycles. The monoisotopic (exact) mass is 252 g/mol. The molecule has 1 aliphatic carbocycles. The Balaban J connectivity index is 2.68. The number of nitrogens with zero attached hydrogens (tertiary/aromatic N) is 1. The molecule has 1 fully saturated rings. The Morgan fingerprint density at radius 2 is 2.17 bits per heavy atom. The van der Waals surface area contributed by atoms with Crippen LogP contribution in [0.25, 0.3) is 0 Å². The van der Waals surface area contributed by atoms with E-state index in [1.54, 1.807) is 0 Å². The average molecular weight is 253 g/mol. The quantitative estimate of drug-likeness (QED) is 0.753. The molecule has 0 saturated heterocycles. The van der Waals surface area contributed by atoms with E-state index in [2.05, 4.69) is 20.7 Å². The van der Waals surface area contributed by atoms with Gasteiger partial charge >= 0.3 is 0 Å². The third kappa shape index (κ3) is 1.97. The van der Waals surface area contributed by atoms with Crippen LogP contribution in [0.3, 0.4) is 0 Å². The molecule has 0 aromatic heterocycles. The second-order valence-corrected chi connectivity index (χ2v) is 5.90. The van der Waals surface area contributed by atoms with Crippen molar-refractivity contribution in [2.45, 2.75) is 24.8 Å². The molecule has 6 heteroatoms. The summed E-state index contributed by atoms with van der Waals surface area (Å²) >= 11 is 2.85. The van der Waals surface area contributed by atoms with Gasteiger partial charge < -0.3 is 0 Å². The van der Waals surface area contributed by atoms with Gasteiger partial charge in [-0.15, -0.1) is 0 Å². The molecular formula is C6H9BrN2O2S. The van der Waals surface area contributed by atoms with Crippen molar-refractivity contribution in [3.05, 3.63) is 0 Å². The molecule has 0 spiro atoms. The molecule has 0 radical (unpaired) electrons. The molecule has 1 saturated carbocycles. The van der Waals surface area contributed by atoms with Crippen LogP contribution in [0.1, 0.15) is 19.3 Å². The molecule has 68 valence electrons.